The molecular formula is C32H47NO2. The number of aromatic nitrogens is 1. The minimum atomic E-state index is 0.252. The van der Waals surface area contributed by atoms with Crippen LogP contribution in [0.25, 0.3) is 0 Å². The summed E-state index contributed by atoms with van der Waals surface area (Å²) in [7, 11) is 0. The zero-order chi connectivity index (χ0) is 24.6. The van der Waals surface area contributed by atoms with E-state index < -0.39 is 0 Å². The smallest absolute Gasteiger partial charge is 0.0462 e. The number of H-pyrrole nitrogens is 1. The Labute approximate surface area is 212 Å². The molecule has 3 N–H and O–H groups in total. The van der Waals surface area contributed by atoms with Gasteiger partial charge in [0.15, 0.2) is 0 Å². The van der Waals surface area contributed by atoms with E-state index in [1.54, 1.807) is 5.57 Å². The number of aromatic amines is 1. The molecule has 0 amide bonds. The molecular weight excluding hydrogens is 430 g/mol. The van der Waals surface area contributed by atoms with E-state index in [4.69, 9.17) is 0 Å². The maximum absolute atomic E-state index is 10.4. The van der Waals surface area contributed by atoms with Crippen LogP contribution in [0.3, 0.4) is 0 Å². The summed E-state index contributed by atoms with van der Waals surface area (Å²) in [5.74, 6) is 4.23. The molecule has 5 aliphatic rings. The maximum atomic E-state index is 10.4. The van der Waals surface area contributed by atoms with Gasteiger partial charge in [0.05, 0.1) is 0 Å². The van der Waals surface area contributed by atoms with Crippen molar-refractivity contribution in [3.8, 4) is 0 Å². The van der Waals surface area contributed by atoms with Crippen molar-refractivity contribution in [1.82, 2.24) is 4.98 Å². The first-order valence-electron chi connectivity index (χ1n) is 14.5. The first-order chi connectivity index (χ1) is 16.7. The second-order valence-electron chi connectivity index (χ2n) is 14.1. The molecule has 192 valence electrons. The van der Waals surface area contributed by atoms with Crippen LogP contribution in [0.2, 0.25) is 0 Å². The highest BCUT2D eigenvalue weighted by molar-refractivity contribution is 5.48. The Morgan fingerprint density at radius 1 is 1.14 bits per heavy atom. The molecule has 35 heavy (non-hydrogen) atoms. The number of aliphatic hydroxyl groups is 2. The lowest BCUT2D eigenvalue weighted by Crippen LogP contribution is -2.53. The molecule has 6 rings (SSSR count). The fourth-order valence-corrected chi connectivity index (χ4v) is 10.8. The van der Waals surface area contributed by atoms with Crippen molar-refractivity contribution >= 4 is 0 Å². The van der Waals surface area contributed by atoms with Crippen LogP contribution in [0.5, 0.6) is 0 Å². The first kappa shape index (κ1) is 24.0. The molecule has 5 aliphatic carbocycles. The highest BCUT2D eigenvalue weighted by Gasteiger charge is 2.73. The molecule has 1 heterocycles. The van der Waals surface area contributed by atoms with Gasteiger partial charge in [-0.1, -0.05) is 51.0 Å². The van der Waals surface area contributed by atoms with Crippen LogP contribution in [-0.4, -0.2) is 28.4 Å². The third-order valence-electron chi connectivity index (χ3n) is 12.0. The third kappa shape index (κ3) is 3.51. The number of allylic oxidation sites excluding steroid dienone is 3. The molecule has 1 aromatic rings. The quantitative estimate of drug-likeness (QED) is 0.435. The van der Waals surface area contributed by atoms with Gasteiger partial charge >= 0.3 is 0 Å². The molecule has 0 unspecified atom stereocenters. The number of rotatable bonds is 6. The highest BCUT2D eigenvalue weighted by atomic mass is 16.3. The van der Waals surface area contributed by atoms with Gasteiger partial charge in [0, 0.05) is 25.6 Å². The van der Waals surface area contributed by atoms with E-state index in [0.717, 1.165) is 12.8 Å². The predicted octanol–water partition coefficient (Wildman–Crippen LogP) is 6.55. The molecule has 0 aromatic carbocycles. The molecule has 0 saturated heterocycles. The van der Waals surface area contributed by atoms with Crippen molar-refractivity contribution in [1.29, 1.82) is 0 Å². The highest BCUT2D eigenvalue weighted by Crippen LogP contribution is 2.80. The van der Waals surface area contributed by atoms with Gasteiger partial charge in [0.1, 0.15) is 0 Å². The molecule has 0 aliphatic heterocycles. The second-order valence-corrected chi connectivity index (χ2v) is 14.1. The average molecular weight is 478 g/mol. The third-order valence-corrected chi connectivity index (χ3v) is 12.0. The van der Waals surface area contributed by atoms with Crippen LogP contribution in [0, 0.1) is 57.7 Å². The lowest BCUT2D eigenvalue weighted by molar-refractivity contribution is -0.0541. The topological polar surface area (TPSA) is 56.2 Å². The molecule has 0 bridgehead atoms. The van der Waals surface area contributed by atoms with E-state index in [2.05, 4.69) is 50.7 Å². The molecule has 9 atom stereocenters. The molecule has 1 aromatic heterocycles. The summed E-state index contributed by atoms with van der Waals surface area (Å²) in [4.78, 5) is 3.17. The number of hydrogen-bond acceptors (Lipinski definition) is 2. The fourth-order valence-electron chi connectivity index (χ4n) is 10.8. The molecule has 3 heteroatoms. The SMILES string of the molecule is C=C1C=C2[C@@]3(CC[C@@H](C[C@H](CO)Cc4cc[nH]c4)C3)C[C@H]3[C@@H](CO)CCC[C@@H]3[C@@]2(C)[C@H]2[C@@H]1C2(C)C. The minimum absolute atomic E-state index is 0.252. The van der Waals surface area contributed by atoms with E-state index in [1.165, 1.54) is 56.1 Å². The first-order valence-corrected chi connectivity index (χ1v) is 14.5. The molecule has 4 saturated carbocycles. The second kappa shape index (κ2) is 8.35. The van der Waals surface area contributed by atoms with Gasteiger partial charge in [-0.25, -0.2) is 0 Å². The largest absolute Gasteiger partial charge is 0.396 e. The maximum Gasteiger partial charge on any atom is 0.0462 e. The standard InChI is InChI=1S/C32H47NO2/c1-20-12-27-31(4,29-28(20)30(29,2)3)26-7-5-6-24(19-35)25(26)16-32(27)10-8-21(15-32)13-23(18-34)14-22-9-11-33-17-22/h9,11-12,17,21,23-26,28-29,33-35H,1,5-8,10,13-16,18-19H2,2-4H3/t21-,23-,24+,25-,26-,28+,29-,31+,32+/m0/s1. The number of aliphatic hydroxyl groups excluding tert-OH is 2. The normalized spacial score (nSPS) is 44.4. The Bertz CT molecular complexity index is 991. The monoisotopic (exact) mass is 477 g/mol. The van der Waals surface area contributed by atoms with Gasteiger partial charge in [-0.3, -0.25) is 0 Å². The Balaban J connectivity index is 1.32. The summed E-state index contributed by atoms with van der Waals surface area (Å²) in [6, 6.07) is 2.15. The van der Waals surface area contributed by atoms with Gasteiger partial charge in [-0.05, 0) is 121 Å². The Morgan fingerprint density at radius 2 is 1.97 bits per heavy atom. The van der Waals surface area contributed by atoms with Crippen LogP contribution in [0.4, 0.5) is 0 Å². The van der Waals surface area contributed by atoms with Crippen molar-refractivity contribution in [3.05, 3.63) is 47.8 Å². The lowest BCUT2D eigenvalue weighted by Gasteiger charge is -2.61. The van der Waals surface area contributed by atoms with E-state index in [0.29, 0.717) is 53.4 Å². The van der Waals surface area contributed by atoms with E-state index in [9.17, 15) is 10.2 Å². The Kier molecular flexibility index (Phi) is 5.73. The fraction of sp³-hybridized carbons (Fsp3) is 0.750. The van der Waals surface area contributed by atoms with Gasteiger partial charge < -0.3 is 15.2 Å². The molecule has 4 fully saturated rings. The summed E-state index contributed by atoms with van der Waals surface area (Å²) in [6.07, 6.45) is 17.7. The van der Waals surface area contributed by atoms with Gasteiger partial charge in [0.25, 0.3) is 0 Å². The van der Waals surface area contributed by atoms with Crippen molar-refractivity contribution < 1.29 is 10.2 Å². The molecule has 0 radical (unpaired) electrons. The van der Waals surface area contributed by atoms with Gasteiger partial charge in [-0.15, -0.1) is 0 Å². The number of fused-ring (bicyclic) bond motifs is 6. The van der Waals surface area contributed by atoms with Crippen LogP contribution in [-0.2, 0) is 6.42 Å². The summed E-state index contributed by atoms with van der Waals surface area (Å²) in [6.45, 7) is 12.9. The van der Waals surface area contributed by atoms with Gasteiger partial charge in [0.2, 0.25) is 0 Å². The average Bonchev–Trinajstić information content (AvgIpc) is 3.19. The summed E-state index contributed by atoms with van der Waals surface area (Å²) >= 11 is 0. The van der Waals surface area contributed by atoms with Crippen molar-refractivity contribution in [2.24, 2.45) is 57.7 Å². The zero-order valence-corrected chi connectivity index (χ0v) is 22.2. The molecule has 1 spiro atoms. The summed E-state index contributed by atoms with van der Waals surface area (Å²) in [5, 5.41) is 20.6. The van der Waals surface area contributed by atoms with Crippen molar-refractivity contribution in [2.45, 2.75) is 78.6 Å². The van der Waals surface area contributed by atoms with Crippen LogP contribution < -0.4 is 0 Å². The summed E-state index contributed by atoms with van der Waals surface area (Å²) in [5.41, 5.74) is 5.33. The zero-order valence-electron chi connectivity index (χ0n) is 22.2. The predicted molar refractivity (Wildman–Crippen MR) is 142 cm³/mol. The lowest BCUT2D eigenvalue weighted by atomic mass is 9.43. The van der Waals surface area contributed by atoms with Crippen LogP contribution in [0.1, 0.15) is 77.7 Å². The minimum Gasteiger partial charge on any atom is -0.396 e. The number of nitrogens with one attached hydrogen (secondary N) is 1. The van der Waals surface area contributed by atoms with Gasteiger partial charge in [-0.2, -0.15) is 0 Å². The van der Waals surface area contributed by atoms with E-state index in [-0.39, 0.29) is 17.4 Å². The molecule has 3 nitrogen and oxygen atoms in total. The Morgan fingerprint density at radius 3 is 2.69 bits per heavy atom. The Hall–Kier alpha value is -1.32. The van der Waals surface area contributed by atoms with Crippen LogP contribution >= 0.6 is 0 Å². The number of hydrogen-bond donors (Lipinski definition) is 3. The van der Waals surface area contributed by atoms with Crippen molar-refractivity contribution in [2.75, 3.05) is 13.2 Å². The summed E-state index contributed by atoms with van der Waals surface area (Å²) < 4.78 is 0. The van der Waals surface area contributed by atoms with E-state index >= 15 is 0 Å². The van der Waals surface area contributed by atoms with E-state index in [1.807, 2.05) is 6.20 Å². The van der Waals surface area contributed by atoms with Crippen LogP contribution in [0.15, 0.2) is 42.3 Å². The van der Waals surface area contributed by atoms with Crippen molar-refractivity contribution in [3.63, 3.8) is 0 Å².